The van der Waals surface area contributed by atoms with Crippen LogP contribution in [0.1, 0.15) is 36.8 Å². The zero-order chi connectivity index (χ0) is 17.5. The van der Waals surface area contributed by atoms with Gasteiger partial charge in [0.15, 0.2) is 0 Å². The Hall–Kier alpha value is -2.62. The third-order valence-corrected chi connectivity index (χ3v) is 5.99. The van der Waals surface area contributed by atoms with Gasteiger partial charge in [0.2, 0.25) is 0 Å². The Bertz CT molecular complexity index is 861. The molecule has 2 bridgehead atoms. The molecular formula is C22H23N3O. The topological polar surface area (TPSA) is 36.4 Å². The van der Waals surface area contributed by atoms with Gasteiger partial charge < -0.3 is 0 Å². The molecule has 5 rings (SSSR count). The van der Waals surface area contributed by atoms with Gasteiger partial charge in [-0.2, -0.15) is 0 Å². The van der Waals surface area contributed by atoms with Crippen molar-refractivity contribution in [2.75, 3.05) is 11.4 Å². The molecule has 0 radical (unpaired) electrons. The van der Waals surface area contributed by atoms with Crippen molar-refractivity contribution in [3.63, 3.8) is 0 Å². The summed E-state index contributed by atoms with van der Waals surface area (Å²) in [6.07, 6.45) is 11.4. The average molecular weight is 345 g/mol. The summed E-state index contributed by atoms with van der Waals surface area (Å²) in [7, 11) is 0. The molecule has 2 atom stereocenters. The highest BCUT2D eigenvalue weighted by atomic mass is 16.2. The third kappa shape index (κ3) is 2.52. The first-order valence-electron chi connectivity index (χ1n) is 9.62. The molecule has 3 heterocycles. The highest BCUT2D eigenvalue weighted by Gasteiger charge is 2.40. The monoisotopic (exact) mass is 345 g/mol. The number of urea groups is 1. The number of anilines is 1. The van der Waals surface area contributed by atoms with Crippen LogP contribution in [0.5, 0.6) is 0 Å². The number of amides is 2. The Balaban J connectivity index is 1.55. The van der Waals surface area contributed by atoms with E-state index in [1.807, 2.05) is 35.5 Å². The van der Waals surface area contributed by atoms with Crippen LogP contribution in [0.15, 0.2) is 54.9 Å². The molecule has 0 spiro atoms. The van der Waals surface area contributed by atoms with Gasteiger partial charge in [0.25, 0.3) is 0 Å². The first-order valence-corrected chi connectivity index (χ1v) is 9.62. The molecule has 2 unspecified atom stereocenters. The van der Waals surface area contributed by atoms with Gasteiger partial charge in [0, 0.05) is 41.9 Å². The van der Waals surface area contributed by atoms with Crippen molar-refractivity contribution in [2.45, 2.75) is 38.1 Å². The van der Waals surface area contributed by atoms with Crippen LogP contribution >= 0.6 is 0 Å². The molecule has 2 aromatic rings. The van der Waals surface area contributed by atoms with E-state index in [2.05, 4.69) is 34.2 Å². The highest BCUT2D eigenvalue weighted by molar-refractivity contribution is 5.99. The Morgan fingerprint density at radius 2 is 1.92 bits per heavy atom. The molecule has 26 heavy (non-hydrogen) atoms. The zero-order valence-electron chi connectivity index (χ0n) is 14.8. The number of pyridine rings is 1. The van der Waals surface area contributed by atoms with Crippen LogP contribution < -0.4 is 4.90 Å². The number of aryl methyl sites for hydroxylation is 1. The number of carbonyl (C=O) groups is 1. The maximum Gasteiger partial charge on any atom is 0.329 e. The van der Waals surface area contributed by atoms with E-state index in [0.29, 0.717) is 12.0 Å². The molecule has 1 aliphatic carbocycles. The van der Waals surface area contributed by atoms with Crippen molar-refractivity contribution in [3.05, 3.63) is 66.0 Å². The predicted molar refractivity (Wildman–Crippen MR) is 103 cm³/mol. The van der Waals surface area contributed by atoms with Crippen molar-refractivity contribution in [1.29, 1.82) is 0 Å². The molecule has 4 heteroatoms. The second kappa shape index (κ2) is 6.27. The lowest BCUT2D eigenvalue weighted by molar-refractivity contribution is 0.208. The molecule has 4 nitrogen and oxygen atoms in total. The van der Waals surface area contributed by atoms with E-state index in [4.69, 9.17) is 0 Å². The first-order chi connectivity index (χ1) is 12.8. The summed E-state index contributed by atoms with van der Waals surface area (Å²) in [5, 5.41) is 0. The minimum Gasteiger partial charge on any atom is -0.294 e. The number of hydrogen-bond donors (Lipinski definition) is 0. The van der Waals surface area contributed by atoms with Gasteiger partial charge in [-0.3, -0.25) is 14.8 Å². The van der Waals surface area contributed by atoms with Gasteiger partial charge in [-0.25, -0.2) is 4.79 Å². The van der Waals surface area contributed by atoms with Crippen molar-refractivity contribution in [2.24, 2.45) is 5.92 Å². The van der Waals surface area contributed by atoms with Gasteiger partial charge in [-0.05, 0) is 61.8 Å². The van der Waals surface area contributed by atoms with E-state index in [1.54, 1.807) is 0 Å². The van der Waals surface area contributed by atoms with Crippen LogP contribution in [0.25, 0.3) is 5.70 Å². The minimum absolute atomic E-state index is 0.130. The lowest BCUT2D eigenvalue weighted by atomic mass is 9.97. The van der Waals surface area contributed by atoms with Gasteiger partial charge in [0.1, 0.15) is 0 Å². The lowest BCUT2D eigenvalue weighted by Crippen LogP contribution is -2.49. The van der Waals surface area contributed by atoms with Crippen LogP contribution in [0, 0.1) is 5.92 Å². The summed E-state index contributed by atoms with van der Waals surface area (Å²) in [5.41, 5.74) is 4.52. The smallest absolute Gasteiger partial charge is 0.294 e. The molecule has 1 fully saturated rings. The molecule has 0 N–H and O–H groups in total. The fraction of sp³-hybridized carbons (Fsp3) is 0.364. The van der Waals surface area contributed by atoms with E-state index in [0.717, 1.165) is 49.2 Å². The van der Waals surface area contributed by atoms with Gasteiger partial charge >= 0.3 is 6.03 Å². The fourth-order valence-corrected chi connectivity index (χ4v) is 4.76. The van der Waals surface area contributed by atoms with Crippen LogP contribution in [-0.4, -0.2) is 28.5 Å². The van der Waals surface area contributed by atoms with Crippen LogP contribution in [0.2, 0.25) is 0 Å². The summed E-state index contributed by atoms with van der Waals surface area (Å²) in [4.78, 5) is 21.9. The standard InChI is InChI=1S/C22H23N3O/c26-22(24-13-3-5-17-4-1-2-6-20(17)24)25-19-8-7-16(14-19)15-21(25)18-9-11-23-12-10-18/h1-2,4,6,9-12,15-16,19H,3,5,7-8,13-14H2. The van der Waals surface area contributed by atoms with Crippen LogP contribution in [0.4, 0.5) is 10.5 Å². The lowest BCUT2D eigenvalue weighted by Gasteiger charge is -2.40. The summed E-state index contributed by atoms with van der Waals surface area (Å²) < 4.78 is 0. The van der Waals surface area contributed by atoms with Crippen molar-refractivity contribution >= 4 is 17.4 Å². The average Bonchev–Trinajstić information content (AvgIpc) is 3.08. The second-order valence-corrected chi connectivity index (χ2v) is 7.55. The van der Waals surface area contributed by atoms with E-state index in [1.165, 1.54) is 12.0 Å². The normalized spacial score (nSPS) is 24.2. The van der Waals surface area contributed by atoms with Crippen LogP contribution in [0.3, 0.4) is 0 Å². The molecule has 1 aromatic carbocycles. The van der Waals surface area contributed by atoms with Gasteiger partial charge in [0.05, 0.1) is 0 Å². The number of carbonyl (C=O) groups excluding carboxylic acids is 1. The number of hydrogen-bond acceptors (Lipinski definition) is 2. The van der Waals surface area contributed by atoms with Crippen molar-refractivity contribution < 1.29 is 4.79 Å². The van der Waals surface area contributed by atoms with E-state index >= 15 is 0 Å². The number of fused-ring (bicyclic) bond motifs is 3. The summed E-state index contributed by atoms with van der Waals surface area (Å²) in [6.45, 7) is 0.798. The molecule has 1 aromatic heterocycles. The van der Waals surface area contributed by atoms with Crippen molar-refractivity contribution in [3.8, 4) is 0 Å². The summed E-state index contributed by atoms with van der Waals surface area (Å²) >= 11 is 0. The van der Waals surface area contributed by atoms with Gasteiger partial charge in [-0.15, -0.1) is 0 Å². The molecule has 2 aliphatic heterocycles. The predicted octanol–water partition coefficient (Wildman–Crippen LogP) is 4.48. The second-order valence-electron chi connectivity index (χ2n) is 7.55. The Morgan fingerprint density at radius 3 is 2.81 bits per heavy atom. The summed E-state index contributed by atoms with van der Waals surface area (Å²) in [5.74, 6) is 0.598. The number of aromatic nitrogens is 1. The maximum absolute atomic E-state index is 13.7. The largest absolute Gasteiger partial charge is 0.329 e. The summed E-state index contributed by atoms with van der Waals surface area (Å²) in [6, 6.07) is 12.8. The highest BCUT2D eigenvalue weighted by Crippen LogP contribution is 2.42. The van der Waals surface area contributed by atoms with Crippen molar-refractivity contribution in [1.82, 2.24) is 9.88 Å². The van der Waals surface area contributed by atoms with E-state index < -0.39 is 0 Å². The molecule has 0 saturated heterocycles. The SMILES string of the molecule is O=C(N1CCCc2ccccc21)N1C(c2ccncc2)=CC2CCC1C2. The zero-order valence-corrected chi connectivity index (χ0v) is 14.8. The van der Waals surface area contributed by atoms with E-state index in [-0.39, 0.29) is 6.03 Å². The molecular weight excluding hydrogens is 322 g/mol. The maximum atomic E-state index is 13.7. The van der Waals surface area contributed by atoms with Gasteiger partial charge in [-0.1, -0.05) is 24.3 Å². The van der Waals surface area contributed by atoms with E-state index in [9.17, 15) is 4.79 Å². The minimum atomic E-state index is 0.130. The first kappa shape index (κ1) is 15.6. The molecule has 2 amide bonds. The number of rotatable bonds is 1. The number of allylic oxidation sites excluding steroid dienone is 1. The molecule has 1 saturated carbocycles. The Morgan fingerprint density at radius 1 is 1.08 bits per heavy atom. The Kier molecular flexibility index (Phi) is 3.77. The Labute approximate surface area is 154 Å². The third-order valence-electron chi connectivity index (χ3n) is 5.99. The number of para-hydroxylation sites is 1. The quantitative estimate of drug-likeness (QED) is 0.764. The molecule has 3 aliphatic rings. The fourth-order valence-electron chi connectivity index (χ4n) is 4.76. The molecule has 132 valence electrons. The van der Waals surface area contributed by atoms with Crippen LogP contribution in [-0.2, 0) is 6.42 Å². The number of nitrogens with zero attached hydrogens (tertiary/aromatic N) is 3. The number of benzene rings is 1.